The number of aliphatic carboxylic acids is 1. The van der Waals surface area contributed by atoms with Crippen LogP contribution in [0.5, 0.6) is 5.75 Å². The van der Waals surface area contributed by atoms with Crippen molar-refractivity contribution < 1.29 is 15.0 Å². The summed E-state index contributed by atoms with van der Waals surface area (Å²) >= 11 is 0. The second kappa shape index (κ2) is 6.06. The number of rotatable bonds is 3. The number of carboxylic acid groups (broad SMARTS) is 1. The maximum absolute atomic E-state index is 10.5. The molecular weight excluding hydrogens is 276 g/mol. The van der Waals surface area contributed by atoms with Crippen molar-refractivity contribution >= 4 is 12.0 Å². The second-order valence-corrected chi connectivity index (χ2v) is 6.28. The normalized spacial score (nSPS) is 11.8. The number of aromatic hydroxyl groups is 1. The van der Waals surface area contributed by atoms with Crippen LogP contribution in [0.3, 0.4) is 0 Å². The molecule has 0 unspecified atom stereocenters. The zero-order chi connectivity index (χ0) is 16.3. The van der Waals surface area contributed by atoms with Crippen LogP contribution in [0.25, 0.3) is 17.2 Å². The number of carboxylic acids is 1. The Bertz CT molecular complexity index is 704. The molecule has 0 aliphatic carbocycles. The molecule has 0 bridgehead atoms. The molecule has 2 aromatic carbocycles. The summed E-state index contributed by atoms with van der Waals surface area (Å²) in [5.41, 5.74) is 3.65. The van der Waals surface area contributed by atoms with Crippen LogP contribution in [0.2, 0.25) is 0 Å². The van der Waals surface area contributed by atoms with E-state index in [-0.39, 0.29) is 5.41 Å². The van der Waals surface area contributed by atoms with Gasteiger partial charge in [-0.3, -0.25) is 0 Å². The molecule has 0 atom stereocenters. The molecule has 0 fully saturated rings. The molecule has 0 saturated carbocycles. The third-order valence-corrected chi connectivity index (χ3v) is 3.47. The first-order valence-corrected chi connectivity index (χ1v) is 7.12. The summed E-state index contributed by atoms with van der Waals surface area (Å²) in [5.74, 6) is -0.658. The average Bonchev–Trinajstić information content (AvgIpc) is 2.45. The van der Waals surface area contributed by atoms with Crippen LogP contribution >= 0.6 is 0 Å². The topological polar surface area (TPSA) is 57.5 Å². The Morgan fingerprint density at radius 1 is 1.00 bits per heavy atom. The summed E-state index contributed by atoms with van der Waals surface area (Å²) in [6.07, 6.45) is 2.68. The lowest BCUT2D eigenvalue weighted by molar-refractivity contribution is -0.131. The summed E-state index contributed by atoms with van der Waals surface area (Å²) in [5, 5.41) is 18.6. The lowest BCUT2D eigenvalue weighted by atomic mass is 9.84. The van der Waals surface area contributed by atoms with Crippen molar-refractivity contribution in [2.24, 2.45) is 0 Å². The third-order valence-electron chi connectivity index (χ3n) is 3.47. The maximum atomic E-state index is 10.5. The summed E-state index contributed by atoms with van der Waals surface area (Å²) in [6, 6.07) is 13.2. The first-order valence-electron chi connectivity index (χ1n) is 7.12. The van der Waals surface area contributed by atoms with Crippen molar-refractivity contribution in [2.75, 3.05) is 0 Å². The van der Waals surface area contributed by atoms with Gasteiger partial charge in [0, 0.05) is 6.08 Å². The Hall–Kier alpha value is -2.55. The highest BCUT2D eigenvalue weighted by molar-refractivity contribution is 5.85. The third kappa shape index (κ3) is 3.76. The fraction of sp³-hybridized carbons (Fsp3) is 0.211. The molecule has 0 spiro atoms. The predicted molar refractivity (Wildman–Crippen MR) is 88.9 cm³/mol. The van der Waals surface area contributed by atoms with Crippen molar-refractivity contribution in [3.63, 3.8) is 0 Å². The smallest absolute Gasteiger partial charge is 0.328 e. The number of carbonyl (C=O) groups is 1. The summed E-state index contributed by atoms with van der Waals surface area (Å²) in [6.45, 7) is 6.18. The standard InChI is InChI=1S/C19H20O3/c1-19(2,3)16-12-15(9-10-17(16)20)14-7-4-13(5-8-14)6-11-18(21)22/h4-12,20H,1-3H3,(H,21,22)/b11-6+. The zero-order valence-electron chi connectivity index (χ0n) is 13.0. The highest BCUT2D eigenvalue weighted by atomic mass is 16.4. The molecule has 0 radical (unpaired) electrons. The van der Waals surface area contributed by atoms with Crippen LogP contribution in [0.1, 0.15) is 31.9 Å². The minimum atomic E-state index is -0.961. The molecule has 2 N–H and O–H groups in total. The first kappa shape index (κ1) is 15.8. The molecule has 3 heteroatoms. The fourth-order valence-corrected chi connectivity index (χ4v) is 2.27. The second-order valence-electron chi connectivity index (χ2n) is 6.28. The average molecular weight is 296 g/mol. The Morgan fingerprint density at radius 2 is 1.59 bits per heavy atom. The molecular formula is C19H20O3. The van der Waals surface area contributed by atoms with Gasteiger partial charge in [0.2, 0.25) is 0 Å². The van der Waals surface area contributed by atoms with Gasteiger partial charge in [0.1, 0.15) is 5.75 Å². The lowest BCUT2D eigenvalue weighted by Gasteiger charge is -2.21. The van der Waals surface area contributed by atoms with Gasteiger partial charge in [-0.15, -0.1) is 0 Å². The molecule has 2 aromatic rings. The molecule has 0 aliphatic rings. The molecule has 22 heavy (non-hydrogen) atoms. The van der Waals surface area contributed by atoms with E-state index in [1.807, 2.05) is 36.4 Å². The van der Waals surface area contributed by atoms with Crippen LogP contribution in [0.4, 0.5) is 0 Å². The van der Waals surface area contributed by atoms with Crippen LogP contribution < -0.4 is 0 Å². The van der Waals surface area contributed by atoms with Gasteiger partial charge in [0.15, 0.2) is 0 Å². The Morgan fingerprint density at radius 3 is 2.14 bits per heavy atom. The van der Waals surface area contributed by atoms with Crippen LogP contribution in [-0.4, -0.2) is 16.2 Å². The van der Waals surface area contributed by atoms with Crippen molar-refractivity contribution in [3.8, 4) is 16.9 Å². The monoisotopic (exact) mass is 296 g/mol. The van der Waals surface area contributed by atoms with Crippen LogP contribution in [0, 0.1) is 0 Å². The lowest BCUT2D eigenvalue weighted by Crippen LogP contribution is -2.11. The largest absolute Gasteiger partial charge is 0.508 e. The molecule has 0 aromatic heterocycles. The van der Waals surface area contributed by atoms with Gasteiger partial charge >= 0.3 is 5.97 Å². The zero-order valence-corrected chi connectivity index (χ0v) is 13.0. The van der Waals surface area contributed by atoms with Crippen molar-refractivity contribution in [1.82, 2.24) is 0 Å². The van der Waals surface area contributed by atoms with Gasteiger partial charge in [-0.1, -0.05) is 51.1 Å². The number of phenols is 1. The first-order chi connectivity index (χ1) is 10.3. The van der Waals surface area contributed by atoms with Gasteiger partial charge in [-0.05, 0) is 45.9 Å². The van der Waals surface area contributed by atoms with Crippen LogP contribution in [0.15, 0.2) is 48.5 Å². The molecule has 114 valence electrons. The quantitative estimate of drug-likeness (QED) is 0.822. The fourth-order valence-electron chi connectivity index (χ4n) is 2.27. The highest BCUT2D eigenvalue weighted by Gasteiger charge is 2.18. The van der Waals surface area contributed by atoms with E-state index in [0.717, 1.165) is 28.3 Å². The molecule has 0 heterocycles. The van der Waals surface area contributed by atoms with Crippen molar-refractivity contribution in [2.45, 2.75) is 26.2 Å². The van der Waals surface area contributed by atoms with Crippen molar-refractivity contribution in [1.29, 1.82) is 0 Å². The maximum Gasteiger partial charge on any atom is 0.328 e. The Balaban J connectivity index is 2.35. The van der Waals surface area contributed by atoms with E-state index < -0.39 is 5.97 Å². The van der Waals surface area contributed by atoms with Gasteiger partial charge in [-0.2, -0.15) is 0 Å². The number of hydrogen-bond acceptors (Lipinski definition) is 2. The van der Waals surface area contributed by atoms with E-state index in [2.05, 4.69) is 20.8 Å². The highest BCUT2D eigenvalue weighted by Crippen LogP contribution is 2.34. The van der Waals surface area contributed by atoms with E-state index in [4.69, 9.17) is 5.11 Å². The summed E-state index contributed by atoms with van der Waals surface area (Å²) in [7, 11) is 0. The van der Waals surface area contributed by atoms with E-state index >= 15 is 0 Å². The van der Waals surface area contributed by atoms with Crippen molar-refractivity contribution in [3.05, 3.63) is 59.7 Å². The summed E-state index contributed by atoms with van der Waals surface area (Å²) < 4.78 is 0. The molecule has 2 rings (SSSR count). The van der Waals surface area contributed by atoms with E-state index in [1.165, 1.54) is 0 Å². The van der Waals surface area contributed by atoms with Gasteiger partial charge < -0.3 is 10.2 Å². The summed E-state index contributed by atoms with van der Waals surface area (Å²) in [4.78, 5) is 10.5. The van der Waals surface area contributed by atoms with Crippen LogP contribution in [-0.2, 0) is 10.2 Å². The molecule has 0 saturated heterocycles. The minimum absolute atomic E-state index is 0.135. The Labute approximate surface area is 130 Å². The van der Waals surface area contributed by atoms with Gasteiger partial charge in [0.05, 0.1) is 0 Å². The predicted octanol–water partition coefficient (Wildman–Crippen LogP) is 4.45. The minimum Gasteiger partial charge on any atom is -0.508 e. The van der Waals surface area contributed by atoms with Gasteiger partial charge in [0.25, 0.3) is 0 Å². The molecule has 0 amide bonds. The van der Waals surface area contributed by atoms with E-state index in [1.54, 1.807) is 12.1 Å². The molecule has 0 aliphatic heterocycles. The number of benzene rings is 2. The molecule has 3 nitrogen and oxygen atoms in total. The SMILES string of the molecule is CC(C)(C)c1cc(-c2ccc(/C=C/C(=O)O)cc2)ccc1O. The van der Waals surface area contributed by atoms with E-state index in [0.29, 0.717) is 5.75 Å². The van der Waals surface area contributed by atoms with Gasteiger partial charge in [-0.25, -0.2) is 4.79 Å². The number of hydrogen-bond donors (Lipinski definition) is 2. The van der Waals surface area contributed by atoms with E-state index in [9.17, 15) is 9.90 Å². The Kier molecular flexibility index (Phi) is 4.36. The number of phenolic OH excluding ortho intramolecular Hbond substituents is 1.